The topological polar surface area (TPSA) is 57.6 Å². The van der Waals surface area contributed by atoms with Gasteiger partial charge in [0.1, 0.15) is 11.4 Å². The van der Waals surface area contributed by atoms with E-state index in [0.717, 1.165) is 22.2 Å². The molecule has 0 fully saturated rings. The lowest BCUT2D eigenvalue weighted by Crippen LogP contribution is -1.84. The van der Waals surface area contributed by atoms with Gasteiger partial charge in [0.15, 0.2) is 5.88 Å². The highest BCUT2D eigenvalue weighted by atomic mass is 16.5. The van der Waals surface area contributed by atoms with E-state index < -0.39 is 0 Å². The monoisotopic (exact) mass is 280 g/mol. The summed E-state index contributed by atoms with van der Waals surface area (Å²) in [5, 5.41) is 11.0. The molecule has 0 aliphatic heterocycles. The first-order valence-corrected chi connectivity index (χ1v) is 6.67. The lowest BCUT2D eigenvalue weighted by atomic mass is 10.1. The van der Waals surface area contributed by atoms with Gasteiger partial charge in [-0.1, -0.05) is 23.8 Å². The molecular formula is C17H16N2O2. The predicted molar refractivity (Wildman–Crippen MR) is 84.9 cm³/mol. The fraction of sp³-hybridized carbons (Fsp3) is 0.118. The maximum Gasteiger partial charge on any atom is 0.198 e. The van der Waals surface area contributed by atoms with E-state index in [9.17, 15) is 5.11 Å². The number of rotatable bonds is 3. The number of aliphatic imine (C=N–C) groups is 1. The van der Waals surface area contributed by atoms with E-state index in [4.69, 9.17) is 4.74 Å². The number of aromatic hydroxyl groups is 1. The molecule has 1 aromatic heterocycles. The number of benzene rings is 2. The van der Waals surface area contributed by atoms with Crippen molar-refractivity contribution in [3.8, 4) is 11.6 Å². The zero-order valence-electron chi connectivity index (χ0n) is 11.9. The largest absolute Gasteiger partial charge is 0.494 e. The highest BCUT2D eigenvalue weighted by Crippen LogP contribution is 2.29. The average Bonchev–Trinajstić information content (AvgIpc) is 2.80. The number of aromatic amines is 1. The van der Waals surface area contributed by atoms with Gasteiger partial charge < -0.3 is 14.8 Å². The summed E-state index contributed by atoms with van der Waals surface area (Å²) in [5.74, 6) is 0.818. The Hall–Kier alpha value is -2.75. The van der Waals surface area contributed by atoms with Crippen LogP contribution in [-0.4, -0.2) is 23.4 Å². The van der Waals surface area contributed by atoms with Crippen LogP contribution in [0.1, 0.15) is 11.1 Å². The summed E-state index contributed by atoms with van der Waals surface area (Å²) in [6, 6.07) is 13.5. The smallest absolute Gasteiger partial charge is 0.198 e. The quantitative estimate of drug-likeness (QED) is 0.714. The summed E-state index contributed by atoms with van der Waals surface area (Å²) in [4.78, 5) is 7.38. The molecule has 0 atom stereocenters. The molecule has 21 heavy (non-hydrogen) atoms. The van der Waals surface area contributed by atoms with Gasteiger partial charge in [0.2, 0.25) is 0 Å². The van der Waals surface area contributed by atoms with Gasteiger partial charge in [-0.25, -0.2) is 0 Å². The van der Waals surface area contributed by atoms with Crippen LogP contribution in [0.4, 0.5) is 5.69 Å². The molecule has 1 heterocycles. The van der Waals surface area contributed by atoms with Crippen LogP contribution in [0.3, 0.4) is 0 Å². The fourth-order valence-electron chi connectivity index (χ4n) is 2.31. The van der Waals surface area contributed by atoms with E-state index >= 15 is 0 Å². The van der Waals surface area contributed by atoms with Crippen molar-refractivity contribution >= 4 is 22.8 Å². The molecule has 4 heteroatoms. The van der Waals surface area contributed by atoms with E-state index in [2.05, 4.69) is 9.98 Å². The maximum absolute atomic E-state index is 10.1. The molecule has 4 nitrogen and oxygen atoms in total. The number of nitrogens with zero attached hydrogens (tertiary/aromatic N) is 1. The molecule has 0 aliphatic carbocycles. The zero-order valence-corrected chi connectivity index (χ0v) is 11.9. The summed E-state index contributed by atoms with van der Waals surface area (Å²) >= 11 is 0. The molecule has 3 aromatic rings. The van der Waals surface area contributed by atoms with Crippen molar-refractivity contribution in [3.63, 3.8) is 0 Å². The molecule has 0 bridgehead atoms. The van der Waals surface area contributed by atoms with Crippen molar-refractivity contribution in [2.24, 2.45) is 4.99 Å². The normalized spacial score (nSPS) is 11.3. The minimum Gasteiger partial charge on any atom is -0.494 e. The molecular weight excluding hydrogens is 264 g/mol. The fourth-order valence-corrected chi connectivity index (χ4v) is 2.31. The Morgan fingerprint density at radius 3 is 2.81 bits per heavy atom. The number of aromatic nitrogens is 1. The number of fused-ring (bicyclic) bond motifs is 1. The molecule has 0 saturated carbocycles. The molecule has 0 spiro atoms. The molecule has 0 aliphatic rings. The number of H-pyrrole nitrogens is 1. The van der Waals surface area contributed by atoms with Crippen molar-refractivity contribution < 1.29 is 9.84 Å². The Labute approximate surface area is 122 Å². The first-order valence-electron chi connectivity index (χ1n) is 6.67. The van der Waals surface area contributed by atoms with Gasteiger partial charge in [-0.3, -0.25) is 4.99 Å². The third-order valence-electron chi connectivity index (χ3n) is 3.39. The predicted octanol–water partition coefficient (Wildman–Crippen LogP) is 3.94. The second kappa shape index (κ2) is 5.32. The standard InChI is InChI=1S/C17H16N2O2/c1-11-7-8-14-12(9-11)13(17(20)19-14)10-18-15-5-3-4-6-16(15)21-2/h3-10,19-20H,1-2H3. The average molecular weight is 280 g/mol. The number of aryl methyl sites for hydroxylation is 1. The van der Waals surface area contributed by atoms with Gasteiger partial charge >= 0.3 is 0 Å². The van der Waals surface area contributed by atoms with Gasteiger partial charge in [-0.05, 0) is 31.2 Å². The van der Waals surface area contributed by atoms with Gasteiger partial charge in [-0.15, -0.1) is 0 Å². The van der Waals surface area contributed by atoms with Crippen LogP contribution in [0.2, 0.25) is 0 Å². The van der Waals surface area contributed by atoms with Crippen LogP contribution in [0.15, 0.2) is 47.5 Å². The summed E-state index contributed by atoms with van der Waals surface area (Å²) in [5.41, 5.74) is 3.43. The molecule has 0 saturated heterocycles. The van der Waals surface area contributed by atoms with Gasteiger partial charge in [0.25, 0.3) is 0 Å². The van der Waals surface area contributed by atoms with Gasteiger partial charge in [0.05, 0.1) is 12.7 Å². The molecule has 2 aromatic carbocycles. The third kappa shape index (κ3) is 2.48. The van der Waals surface area contributed by atoms with E-state index in [1.165, 1.54) is 0 Å². The van der Waals surface area contributed by atoms with E-state index in [-0.39, 0.29) is 5.88 Å². The lowest BCUT2D eigenvalue weighted by Gasteiger charge is -2.02. The van der Waals surface area contributed by atoms with Crippen molar-refractivity contribution in [2.75, 3.05) is 7.11 Å². The van der Waals surface area contributed by atoms with E-state index in [0.29, 0.717) is 11.3 Å². The van der Waals surface area contributed by atoms with Gasteiger partial charge in [-0.2, -0.15) is 0 Å². The van der Waals surface area contributed by atoms with Crippen LogP contribution in [0.5, 0.6) is 11.6 Å². The highest BCUT2D eigenvalue weighted by Gasteiger charge is 2.09. The number of para-hydroxylation sites is 2. The number of methoxy groups -OCH3 is 1. The second-order valence-corrected chi connectivity index (χ2v) is 4.87. The lowest BCUT2D eigenvalue weighted by molar-refractivity contribution is 0.416. The number of hydrogen-bond donors (Lipinski definition) is 2. The number of nitrogens with one attached hydrogen (secondary N) is 1. The Morgan fingerprint density at radius 1 is 1.19 bits per heavy atom. The molecule has 0 unspecified atom stereocenters. The van der Waals surface area contributed by atoms with Gasteiger partial charge in [0, 0.05) is 17.1 Å². The Bertz CT molecular complexity index is 819. The second-order valence-electron chi connectivity index (χ2n) is 4.87. The van der Waals surface area contributed by atoms with Crippen molar-refractivity contribution in [1.29, 1.82) is 0 Å². The third-order valence-corrected chi connectivity index (χ3v) is 3.39. The van der Waals surface area contributed by atoms with Crippen LogP contribution >= 0.6 is 0 Å². The van der Waals surface area contributed by atoms with Crippen LogP contribution in [-0.2, 0) is 0 Å². The maximum atomic E-state index is 10.1. The van der Waals surface area contributed by atoms with Crippen LogP contribution in [0.25, 0.3) is 10.9 Å². The first-order chi connectivity index (χ1) is 10.2. The van der Waals surface area contributed by atoms with Crippen LogP contribution < -0.4 is 4.74 Å². The Kier molecular flexibility index (Phi) is 3.36. The molecule has 106 valence electrons. The van der Waals surface area contributed by atoms with Crippen LogP contribution in [0, 0.1) is 6.92 Å². The summed E-state index contributed by atoms with van der Waals surface area (Å²) in [6.45, 7) is 2.02. The summed E-state index contributed by atoms with van der Waals surface area (Å²) in [7, 11) is 1.61. The summed E-state index contributed by atoms with van der Waals surface area (Å²) in [6.07, 6.45) is 1.66. The van der Waals surface area contributed by atoms with Crippen molar-refractivity contribution in [1.82, 2.24) is 4.98 Å². The minimum absolute atomic E-state index is 0.120. The Morgan fingerprint density at radius 2 is 2.00 bits per heavy atom. The van der Waals surface area contributed by atoms with E-state index in [1.807, 2.05) is 49.4 Å². The zero-order chi connectivity index (χ0) is 14.8. The minimum atomic E-state index is 0.120. The van der Waals surface area contributed by atoms with Crippen molar-refractivity contribution in [3.05, 3.63) is 53.6 Å². The highest BCUT2D eigenvalue weighted by molar-refractivity contribution is 6.02. The first kappa shape index (κ1) is 13.2. The molecule has 2 N–H and O–H groups in total. The number of ether oxygens (including phenoxy) is 1. The SMILES string of the molecule is COc1ccccc1N=Cc1c(O)[nH]c2ccc(C)cc12. The summed E-state index contributed by atoms with van der Waals surface area (Å²) < 4.78 is 5.27. The number of hydrogen-bond acceptors (Lipinski definition) is 3. The van der Waals surface area contributed by atoms with E-state index in [1.54, 1.807) is 13.3 Å². The molecule has 0 radical (unpaired) electrons. The molecule has 0 amide bonds. The Balaban J connectivity index is 2.07. The molecule has 3 rings (SSSR count). The van der Waals surface area contributed by atoms with Crippen molar-refractivity contribution in [2.45, 2.75) is 6.92 Å².